The van der Waals surface area contributed by atoms with E-state index in [0.29, 0.717) is 5.92 Å². The van der Waals surface area contributed by atoms with Crippen molar-refractivity contribution < 1.29 is 9.59 Å². The zero-order valence-electron chi connectivity index (χ0n) is 14.2. The molecule has 0 aromatic heterocycles. The molecular formula is C18H27N3O2. The highest BCUT2D eigenvalue weighted by Crippen LogP contribution is 2.24. The summed E-state index contributed by atoms with van der Waals surface area (Å²) in [6.07, 6.45) is 1.46. The molecule has 1 aromatic carbocycles. The first-order valence-corrected chi connectivity index (χ1v) is 8.33. The molecule has 1 aliphatic heterocycles. The van der Waals surface area contributed by atoms with Gasteiger partial charge in [0.1, 0.15) is 0 Å². The van der Waals surface area contributed by atoms with Crippen LogP contribution in [0.15, 0.2) is 24.3 Å². The number of para-hydroxylation sites is 1. The van der Waals surface area contributed by atoms with Crippen LogP contribution in [0, 0.1) is 5.92 Å². The first-order valence-electron chi connectivity index (χ1n) is 8.33. The van der Waals surface area contributed by atoms with E-state index >= 15 is 0 Å². The van der Waals surface area contributed by atoms with Gasteiger partial charge >= 0.3 is 0 Å². The van der Waals surface area contributed by atoms with Gasteiger partial charge in [-0.05, 0) is 50.4 Å². The van der Waals surface area contributed by atoms with E-state index in [2.05, 4.69) is 24.1 Å². The van der Waals surface area contributed by atoms with Crippen molar-refractivity contribution in [1.29, 1.82) is 0 Å². The lowest BCUT2D eigenvalue weighted by atomic mass is 9.95. The number of hydrogen-bond acceptors (Lipinski definition) is 3. The van der Waals surface area contributed by atoms with Crippen LogP contribution in [0.5, 0.6) is 0 Å². The van der Waals surface area contributed by atoms with Crippen LogP contribution in [-0.2, 0) is 9.59 Å². The second kappa shape index (κ2) is 7.59. The highest BCUT2D eigenvalue weighted by atomic mass is 16.2. The number of nitrogens with two attached hydrogens (primary N) is 1. The van der Waals surface area contributed by atoms with Crippen LogP contribution in [-0.4, -0.2) is 35.8 Å². The molecule has 3 N–H and O–H groups in total. The summed E-state index contributed by atoms with van der Waals surface area (Å²) in [4.78, 5) is 25.9. The molecule has 5 nitrogen and oxygen atoms in total. The molecular weight excluding hydrogens is 290 g/mol. The monoisotopic (exact) mass is 317 g/mol. The number of likely N-dealkylation sites (tertiary alicyclic amines) is 1. The molecule has 1 aliphatic rings. The maximum atomic E-state index is 12.6. The smallest absolute Gasteiger partial charge is 0.241 e. The average Bonchev–Trinajstić information content (AvgIpc) is 2.54. The van der Waals surface area contributed by atoms with Crippen LogP contribution < -0.4 is 11.1 Å². The number of rotatable bonds is 5. The van der Waals surface area contributed by atoms with E-state index in [9.17, 15) is 9.59 Å². The number of benzene rings is 1. The molecule has 1 atom stereocenters. The Morgan fingerprint density at radius 1 is 1.17 bits per heavy atom. The van der Waals surface area contributed by atoms with Crippen molar-refractivity contribution >= 4 is 17.5 Å². The maximum absolute atomic E-state index is 12.6. The van der Waals surface area contributed by atoms with Gasteiger partial charge in [-0.25, -0.2) is 0 Å². The van der Waals surface area contributed by atoms with Crippen LogP contribution in [0.4, 0.5) is 5.69 Å². The highest BCUT2D eigenvalue weighted by molar-refractivity contribution is 5.95. The highest BCUT2D eigenvalue weighted by Gasteiger charge is 2.29. The van der Waals surface area contributed by atoms with Crippen molar-refractivity contribution in [3.8, 4) is 0 Å². The summed E-state index contributed by atoms with van der Waals surface area (Å²) in [6, 6.07) is 7.69. The van der Waals surface area contributed by atoms with E-state index in [1.54, 1.807) is 0 Å². The maximum Gasteiger partial charge on any atom is 0.241 e. The molecule has 0 bridgehead atoms. The molecule has 1 saturated heterocycles. The van der Waals surface area contributed by atoms with Gasteiger partial charge in [0.2, 0.25) is 11.8 Å². The number of primary amides is 1. The molecule has 0 radical (unpaired) electrons. The Morgan fingerprint density at radius 2 is 1.78 bits per heavy atom. The zero-order chi connectivity index (χ0) is 17.0. The van der Waals surface area contributed by atoms with Crippen molar-refractivity contribution in [2.24, 2.45) is 11.7 Å². The summed E-state index contributed by atoms with van der Waals surface area (Å²) in [6.45, 7) is 7.60. The van der Waals surface area contributed by atoms with Gasteiger partial charge in [0.25, 0.3) is 0 Å². The van der Waals surface area contributed by atoms with Crippen LogP contribution in [0.3, 0.4) is 0 Å². The Kier molecular flexibility index (Phi) is 5.77. The fraction of sp³-hybridized carbons (Fsp3) is 0.556. The first-order chi connectivity index (χ1) is 10.9. The van der Waals surface area contributed by atoms with Gasteiger partial charge in [-0.3, -0.25) is 14.5 Å². The number of nitrogens with one attached hydrogen (secondary N) is 1. The van der Waals surface area contributed by atoms with Crippen molar-refractivity contribution in [3.05, 3.63) is 29.8 Å². The third kappa shape index (κ3) is 4.32. The fourth-order valence-electron chi connectivity index (χ4n) is 3.09. The Bertz CT molecular complexity index is 563. The minimum atomic E-state index is -0.229. The van der Waals surface area contributed by atoms with Crippen molar-refractivity contribution in [3.63, 3.8) is 0 Å². The lowest BCUT2D eigenvalue weighted by Crippen LogP contribution is -2.47. The van der Waals surface area contributed by atoms with Gasteiger partial charge in [0, 0.05) is 11.6 Å². The summed E-state index contributed by atoms with van der Waals surface area (Å²) in [5, 5.41) is 3.05. The van der Waals surface area contributed by atoms with E-state index in [0.717, 1.165) is 37.2 Å². The number of piperidine rings is 1. The molecule has 23 heavy (non-hydrogen) atoms. The lowest BCUT2D eigenvalue weighted by Gasteiger charge is -2.34. The predicted molar refractivity (Wildman–Crippen MR) is 92.1 cm³/mol. The second-order valence-corrected chi connectivity index (χ2v) is 6.62. The third-order valence-electron chi connectivity index (χ3n) is 4.70. The van der Waals surface area contributed by atoms with Crippen LogP contribution in [0.1, 0.15) is 45.1 Å². The summed E-state index contributed by atoms with van der Waals surface area (Å²) in [5.41, 5.74) is 7.38. The van der Waals surface area contributed by atoms with Crippen LogP contribution in [0.2, 0.25) is 0 Å². The quantitative estimate of drug-likeness (QED) is 0.875. The van der Waals surface area contributed by atoms with Gasteiger partial charge in [-0.2, -0.15) is 0 Å². The number of hydrogen-bond donors (Lipinski definition) is 2. The first kappa shape index (κ1) is 17.5. The van der Waals surface area contributed by atoms with E-state index < -0.39 is 0 Å². The van der Waals surface area contributed by atoms with E-state index in [4.69, 9.17) is 5.73 Å². The van der Waals surface area contributed by atoms with Gasteiger partial charge in [0.15, 0.2) is 0 Å². The molecule has 0 spiro atoms. The Morgan fingerprint density at radius 3 is 2.35 bits per heavy atom. The largest absolute Gasteiger partial charge is 0.369 e. The molecule has 1 fully saturated rings. The topological polar surface area (TPSA) is 75.4 Å². The summed E-state index contributed by atoms with van der Waals surface area (Å²) in [7, 11) is 0. The molecule has 5 heteroatoms. The van der Waals surface area contributed by atoms with Crippen molar-refractivity contribution in [1.82, 2.24) is 4.90 Å². The van der Waals surface area contributed by atoms with Crippen LogP contribution in [0.25, 0.3) is 0 Å². The molecule has 1 heterocycles. The van der Waals surface area contributed by atoms with E-state index in [1.165, 1.54) is 0 Å². The van der Waals surface area contributed by atoms with Gasteiger partial charge in [-0.1, -0.05) is 32.0 Å². The van der Waals surface area contributed by atoms with Crippen molar-refractivity contribution in [2.75, 3.05) is 18.4 Å². The van der Waals surface area contributed by atoms with Gasteiger partial charge in [-0.15, -0.1) is 0 Å². The molecule has 126 valence electrons. The number of amides is 2. The predicted octanol–water partition coefficient (Wildman–Crippen LogP) is 2.33. The lowest BCUT2D eigenvalue weighted by molar-refractivity contribution is -0.124. The van der Waals surface area contributed by atoms with Crippen LogP contribution >= 0.6 is 0 Å². The zero-order valence-corrected chi connectivity index (χ0v) is 14.2. The Balaban J connectivity index is 1.97. The summed E-state index contributed by atoms with van der Waals surface area (Å²) < 4.78 is 0. The number of carbonyl (C=O) groups is 2. The number of carbonyl (C=O) groups excluding carboxylic acids is 2. The number of anilines is 1. The normalized spacial score (nSPS) is 17.9. The Labute approximate surface area is 138 Å². The minimum Gasteiger partial charge on any atom is -0.369 e. The standard InChI is InChI=1S/C18H27N3O2/c1-12(2)15-6-4-5-7-16(15)20-18(23)13(3)21-10-8-14(9-11-21)17(19)22/h4-7,12-14H,8-11H2,1-3H3,(H2,19,22)(H,20,23)/t13-/m0/s1. The Hall–Kier alpha value is -1.88. The van der Waals surface area contributed by atoms with Crippen molar-refractivity contribution in [2.45, 2.75) is 45.6 Å². The number of nitrogens with zero attached hydrogens (tertiary/aromatic N) is 1. The molecule has 2 rings (SSSR count). The SMILES string of the molecule is CC(C)c1ccccc1NC(=O)[C@H](C)N1CCC(C(N)=O)CC1. The minimum absolute atomic E-state index is 0.00405. The third-order valence-corrected chi connectivity index (χ3v) is 4.70. The molecule has 0 saturated carbocycles. The van der Waals surface area contributed by atoms with Gasteiger partial charge < -0.3 is 11.1 Å². The summed E-state index contributed by atoms with van der Waals surface area (Å²) in [5.74, 6) is 0.0690. The summed E-state index contributed by atoms with van der Waals surface area (Å²) >= 11 is 0. The fourth-order valence-corrected chi connectivity index (χ4v) is 3.09. The molecule has 2 amide bonds. The molecule has 0 aliphatic carbocycles. The van der Waals surface area contributed by atoms with E-state index in [1.807, 2.05) is 31.2 Å². The molecule has 1 aromatic rings. The second-order valence-electron chi connectivity index (χ2n) is 6.62. The molecule has 0 unspecified atom stereocenters. The average molecular weight is 317 g/mol. The van der Waals surface area contributed by atoms with Gasteiger partial charge in [0.05, 0.1) is 6.04 Å². The van der Waals surface area contributed by atoms with E-state index in [-0.39, 0.29) is 23.8 Å².